The van der Waals surface area contributed by atoms with Gasteiger partial charge in [0.25, 0.3) is 0 Å². The molecule has 3 rings (SSSR count). The van der Waals surface area contributed by atoms with Crippen LogP contribution in [0.3, 0.4) is 0 Å². The fourth-order valence-corrected chi connectivity index (χ4v) is 3.75. The van der Waals surface area contributed by atoms with Gasteiger partial charge in [-0.3, -0.25) is 9.59 Å². The molecular formula is C28H33FN4O3. The number of carbonyl (C=O) groups is 2. The number of hydrogen-bond donors (Lipinski definition) is 4. The van der Waals surface area contributed by atoms with Crippen LogP contribution in [0.4, 0.5) is 4.39 Å². The number of nitrogens with two attached hydrogens (primary N) is 2. The predicted molar refractivity (Wildman–Crippen MR) is 138 cm³/mol. The van der Waals surface area contributed by atoms with E-state index in [9.17, 15) is 14.0 Å². The van der Waals surface area contributed by atoms with Gasteiger partial charge in [0.1, 0.15) is 17.6 Å². The average Bonchev–Trinajstić information content (AvgIpc) is 2.88. The van der Waals surface area contributed by atoms with Crippen LogP contribution >= 0.6 is 0 Å². The van der Waals surface area contributed by atoms with Crippen LogP contribution in [0, 0.1) is 5.82 Å². The Balaban J connectivity index is 1.65. The molecule has 6 N–H and O–H groups in total. The van der Waals surface area contributed by atoms with Crippen LogP contribution in [-0.4, -0.2) is 30.5 Å². The number of amides is 2. The standard InChI is InChI=1S/C28H33FN4O3/c1-2-36-23-12-9-20(10-13-23)15-25(31)27(34)33-26(16-19-6-4-3-5-7-19)28(35)32-18-21-8-11-22(17-30)24(29)14-21/h3-14,25-26H,2,15-18,30-31H2,1H3,(H,32,35)(H,33,34)/t25-,26+/m1/s1. The first kappa shape index (κ1) is 26.8. The van der Waals surface area contributed by atoms with Gasteiger partial charge < -0.3 is 26.8 Å². The fraction of sp³-hybridized carbons (Fsp3) is 0.286. The first-order chi connectivity index (χ1) is 17.4. The normalized spacial score (nSPS) is 12.4. The molecule has 36 heavy (non-hydrogen) atoms. The molecule has 3 aromatic rings. The van der Waals surface area contributed by atoms with Gasteiger partial charge in [-0.25, -0.2) is 4.39 Å². The number of carbonyl (C=O) groups excluding carboxylic acids is 2. The molecule has 0 fully saturated rings. The maximum atomic E-state index is 14.1. The lowest BCUT2D eigenvalue weighted by molar-refractivity contribution is -0.129. The molecule has 0 aliphatic carbocycles. The number of hydrogen-bond acceptors (Lipinski definition) is 5. The quantitative estimate of drug-likeness (QED) is 0.310. The molecule has 0 aliphatic heterocycles. The Morgan fingerprint density at radius 3 is 2.22 bits per heavy atom. The van der Waals surface area contributed by atoms with E-state index in [1.807, 2.05) is 61.5 Å². The van der Waals surface area contributed by atoms with Crippen molar-refractivity contribution in [3.8, 4) is 5.75 Å². The van der Waals surface area contributed by atoms with Gasteiger partial charge >= 0.3 is 0 Å². The summed E-state index contributed by atoms with van der Waals surface area (Å²) in [5, 5.41) is 5.58. The highest BCUT2D eigenvalue weighted by molar-refractivity contribution is 5.90. The molecule has 0 heterocycles. The molecular weight excluding hydrogens is 459 g/mol. The van der Waals surface area contributed by atoms with Gasteiger partial charge in [-0.05, 0) is 48.2 Å². The van der Waals surface area contributed by atoms with Gasteiger partial charge in [-0.2, -0.15) is 0 Å². The van der Waals surface area contributed by atoms with Crippen molar-refractivity contribution in [3.05, 3.63) is 101 Å². The number of nitrogens with one attached hydrogen (secondary N) is 2. The van der Waals surface area contributed by atoms with Crippen LogP contribution in [0.15, 0.2) is 72.8 Å². The molecule has 0 aromatic heterocycles. The molecule has 8 heteroatoms. The summed E-state index contributed by atoms with van der Waals surface area (Å²) in [4.78, 5) is 26.0. The van der Waals surface area contributed by atoms with Gasteiger partial charge in [0, 0.05) is 25.1 Å². The van der Waals surface area contributed by atoms with Crippen molar-refractivity contribution in [1.82, 2.24) is 10.6 Å². The lowest BCUT2D eigenvalue weighted by Crippen LogP contribution is -2.52. The molecule has 0 bridgehead atoms. The predicted octanol–water partition coefficient (Wildman–Crippen LogP) is 2.60. The second-order valence-electron chi connectivity index (χ2n) is 8.49. The zero-order chi connectivity index (χ0) is 25.9. The topological polar surface area (TPSA) is 119 Å². The summed E-state index contributed by atoms with van der Waals surface area (Å²) in [7, 11) is 0. The van der Waals surface area contributed by atoms with Crippen molar-refractivity contribution in [2.45, 2.75) is 44.9 Å². The Bertz CT molecular complexity index is 1140. The Kier molecular flexibility index (Phi) is 9.97. The highest BCUT2D eigenvalue weighted by Gasteiger charge is 2.24. The Morgan fingerprint density at radius 1 is 0.917 bits per heavy atom. The SMILES string of the molecule is CCOc1ccc(C[C@@H](N)C(=O)N[C@@H](Cc2ccccc2)C(=O)NCc2ccc(CN)c(F)c2)cc1. The van der Waals surface area contributed by atoms with Crippen molar-refractivity contribution < 1.29 is 18.7 Å². The van der Waals surface area contributed by atoms with Crippen molar-refractivity contribution in [1.29, 1.82) is 0 Å². The number of ether oxygens (including phenoxy) is 1. The summed E-state index contributed by atoms with van der Waals surface area (Å²) < 4.78 is 19.5. The summed E-state index contributed by atoms with van der Waals surface area (Å²) >= 11 is 0. The van der Waals surface area contributed by atoms with Crippen LogP contribution in [0.5, 0.6) is 5.75 Å². The first-order valence-corrected chi connectivity index (χ1v) is 12.0. The Hall–Kier alpha value is -3.75. The third kappa shape index (κ3) is 7.90. The minimum atomic E-state index is -0.848. The minimum absolute atomic E-state index is 0.0978. The van der Waals surface area contributed by atoms with Gasteiger partial charge in [-0.15, -0.1) is 0 Å². The van der Waals surface area contributed by atoms with E-state index in [4.69, 9.17) is 16.2 Å². The third-order valence-corrected chi connectivity index (χ3v) is 5.75. The fourth-order valence-electron chi connectivity index (χ4n) is 3.75. The molecule has 0 spiro atoms. The summed E-state index contributed by atoms with van der Waals surface area (Å²) in [6.45, 7) is 2.69. The van der Waals surface area contributed by atoms with E-state index < -0.39 is 23.8 Å². The summed E-state index contributed by atoms with van der Waals surface area (Å²) in [6, 6.07) is 19.7. The van der Waals surface area contributed by atoms with E-state index in [0.29, 0.717) is 24.2 Å². The maximum absolute atomic E-state index is 14.1. The van der Waals surface area contributed by atoms with Gasteiger partial charge in [0.2, 0.25) is 11.8 Å². The van der Waals surface area contributed by atoms with Crippen molar-refractivity contribution in [3.63, 3.8) is 0 Å². The molecule has 0 radical (unpaired) electrons. The molecule has 0 aliphatic rings. The zero-order valence-corrected chi connectivity index (χ0v) is 20.4. The van der Waals surface area contributed by atoms with Crippen LogP contribution in [0.25, 0.3) is 0 Å². The second-order valence-corrected chi connectivity index (χ2v) is 8.49. The maximum Gasteiger partial charge on any atom is 0.243 e. The number of halogens is 1. The number of rotatable bonds is 12. The Morgan fingerprint density at radius 2 is 1.58 bits per heavy atom. The van der Waals surface area contributed by atoms with Crippen LogP contribution in [0.2, 0.25) is 0 Å². The molecule has 3 aromatic carbocycles. The molecule has 0 unspecified atom stereocenters. The average molecular weight is 493 g/mol. The second kappa shape index (κ2) is 13.4. The third-order valence-electron chi connectivity index (χ3n) is 5.75. The lowest BCUT2D eigenvalue weighted by atomic mass is 10.0. The largest absolute Gasteiger partial charge is 0.494 e. The van der Waals surface area contributed by atoms with E-state index >= 15 is 0 Å². The number of benzene rings is 3. The lowest BCUT2D eigenvalue weighted by Gasteiger charge is -2.21. The highest BCUT2D eigenvalue weighted by Crippen LogP contribution is 2.14. The molecule has 190 valence electrons. The van der Waals surface area contributed by atoms with Crippen LogP contribution < -0.4 is 26.8 Å². The van der Waals surface area contributed by atoms with E-state index in [2.05, 4.69) is 10.6 Å². The highest BCUT2D eigenvalue weighted by atomic mass is 19.1. The van der Waals surface area contributed by atoms with Crippen molar-refractivity contribution in [2.24, 2.45) is 11.5 Å². The summed E-state index contributed by atoms with van der Waals surface area (Å²) in [5.41, 5.74) is 14.4. The summed E-state index contributed by atoms with van der Waals surface area (Å²) in [6.07, 6.45) is 0.597. The molecule has 0 saturated carbocycles. The smallest absolute Gasteiger partial charge is 0.243 e. The van der Waals surface area contributed by atoms with Crippen LogP contribution in [-0.2, 0) is 35.5 Å². The van der Waals surface area contributed by atoms with E-state index in [1.165, 1.54) is 6.07 Å². The van der Waals surface area contributed by atoms with Crippen molar-refractivity contribution in [2.75, 3.05) is 6.61 Å². The van der Waals surface area contributed by atoms with Crippen LogP contribution in [0.1, 0.15) is 29.2 Å². The Labute approximate surface area is 211 Å². The van der Waals surface area contributed by atoms with E-state index in [1.54, 1.807) is 12.1 Å². The van der Waals surface area contributed by atoms with E-state index in [0.717, 1.165) is 16.9 Å². The zero-order valence-electron chi connectivity index (χ0n) is 20.4. The minimum Gasteiger partial charge on any atom is -0.494 e. The molecule has 2 atom stereocenters. The first-order valence-electron chi connectivity index (χ1n) is 12.0. The van der Waals surface area contributed by atoms with Crippen molar-refractivity contribution >= 4 is 11.8 Å². The molecule has 2 amide bonds. The van der Waals surface area contributed by atoms with Gasteiger partial charge in [0.15, 0.2) is 0 Å². The monoisotopic (exact) mass is 492 g/mol. The van der Waals surface area contributed by atoms with Gasteiger partial charge in [0.05, 0.1) is 12.6 Å². The van der Waals surface area contributed by atoms with E-state index in [-0.39, 0.29) is 25.4 Å². The molecule has 0 saturated heterocycles. The summed E-state index contributed by atoms with van der Waals surface area (Å²) in [5.74, 6) is -0.489. The molecule has 7 nitrogen and oxygen atoms in total. The van der Waals surface area contributed by atoms with Gasteiger partial charge in [-0.1, -0.05) is 54.6 Å².